The first-order chi connectivity index (χ1) is 13.8. The average molecular weight is 391 g/mol. The molecule has 1 saturated heterocycles. The van der Waals surface area contributed by atoms with Gasteiger partial charge in [-0.05, 0) is 50.9 Å². The Morgan fingerprint density at radius 1 is 1.14 bits per heavy atom. The Kier molecular flexibility index (Phi) is 10.9. The summed E-state index contributed by atoms with van der Waals surface area (Å²) in [5.41, 5.74) is 2.37. The van der Waals surface area contributed by atoms with Gasteiger partial charge in [0.15, 0.2) is 5.96 Å². The summed E-state index contributed by atoms with van der Waals surface area (Å²) >= 11 is 0. The van der Waals surface area contributed by atoms with E-state index in [1.165, 1.54) is 30.5 Å². The minimum Gasteiger partial charge on any atom is -0.379 e. The minimum atomic E-state index is 0.609. The van der Waals surface area contributed by atoms with Crippen molar-refractivity contribution >= 4 is 5.96 Å². The largest absolute Gasteiger partial charge is 0.379 e. The lowest BCUT2D eigenvalue weighted by Crippen LogP contribution is -2.44. The fourth-order valence-electron chi connectivity index (χ4n) is 3.54. The summed E-state index contributed by atoms with van der Waals surface area (Å²) in [5.74, 6) is 0.892. The highest BCUT2D eigenvalue weighted by Gasteiger charge is 2.22. The maximum absolute atomic E-state index is 5.67. The highest BCUT2D eigenvalue weighted by atomic mass is 16.5. The van der Waals surface area contributed by atoms with E-state index in [2.05, 4.69) is 53.6 Å². The lowest BCUT2D eigenvalue weighted by molar-refractivity contribution is 0.0453. The van der Waals surface area contributed by atoms with Gasteiger partial charge >= 0.3 is 0 Å². The first-order valence-electron chi connectivity index (χ1n) is 10.8. The van der Waals surface area contributed by atoms with Gasteiger partial charge in [0, 0.05) is 25.7 Å². The molecule has 1 unspecified atom stereocenters. The molecular formula is C22H38N4O2. The van der Waals surface area contributed by atoms with Gasteiger partial charge in [-0.15, -0.1) is 0 Å². The number of rotatable bonds is 12. The summed E-state index contributed by atoms with van der Waals surface area (Å²) in [6.45, 7) is 13.8. The van der Waals surface area contributed by atoms with Crippen LogP contribution >= 0.6 is 0 Å². The molecule has 1 aromatic rings. The van der Waals surface area contributed by atoms with E-state index in [1.54, 1.807) is 0 Å². The fourth-order valence-corrected chi connectivity index (χ4v) is 3.54. The molecule has 0 amide bonds. The first kappa shape index (κ1) is 22.7. The Morgan fingerprint density at radius 2 is 1.96 bits per heavy atom. The number of hydrogen-bond donors (Lipinski definition) is 2. The molecule has 0 aliphatic carbocycles. The average Bonchev–Trinajstić information content (AvgIpc) is 3.18. The van der Waals surface area contributed by atoms with Crippen molar-refractivity contribution < 1.29 is 9.47 Å². The standard InChI is InChI=1S/C22H38N4O2/c1-4-23-22(25-17-21-11-8-12-26(21)5-2)24-16-19-9-7-10-20(15-19)18-28-14-13-27-6-3/h7,9-10,15,21H,4-6,8,11-14,16-18H2,1-3H3,(H2,23,24,25). The van der Waals surface area contributed by atoms with Crippen LogP contribution in [-0.2, 0) is 22.6 Å². The molecule has 6 heteroatoms. The van der Waals surface area contributed by atoms with Crippen molar-refractivity contribution in [2.45, 2.75) is 52.8 Å². The second-order valence-electron chi connectivity index (χ2n) is 7.07. The van der Waals surface area contributed by atoms with Crippen LogP contribution in [0, 0.1) is 0 Å². The second kappa shape index (κ2) is 13.5. The molecule has 0 aromatic heterocycles. The molecule has 1 atom stereocenters. The molecule has 158 valence electrons. The van der Waals surface area contributed by atoms with E-state index in [9.17, 15) is 0 Å². The Balaban J connectivity index is 1.83. The van der Waals surface area contributed by atoms with Crippen LogP contribution in [0.4, 0.5) is 0 Å². The summed E-state index contributed by atoms with van der Waals surface area (Å²) in [6.07, 6.45) is 2.57. The van der Waals surface area contributed by atoms with Crippen LogP contribution in [0.2, 0.25) is 0 Å². The molecule has 6 nitrogen and oxygen atoms in total. The number of guanidine groups is 1. The van der Waals surface area contributed by atoms with Crippen molar-refractivity contribution in [2.24, 2.45) is 4.99 Å². The van der Waals surface area contributed by atoms with Crippen LogP contribution < -0.4 is 10.6 Å². The number of nitrogens with zero attached hydrogens (tertiary/aromatic N) is 2. The topological polar surface area (TPSA) is 58.1 Å². The van der Waals surface area contributed by atoms with Gasteiger partial charge in [0.25, 0.3) is 0 Å². The molecule has 28 heavy (non-hydrogen) atoms. The quantitative estimate of drug-likeness (QED) is 0.326. The van der Waals surface area contributed by atoms with Gasteiger partial charge in [0.2, 0.25) is 0 Å². The van der Waals surface area contributed by atoms with E-state index in [-0.39, 0.29) is 0 Å². The Labute approximate surface area is 170 Å². The normalized spacial score (nSPS) is 17.8. The van der Waals surface area contributed by atoms with Crippen LogP contribution in [0.1, 0.15) is 44.7 Å². The van der Waals surface area contributed by atoms with Crippen LogP contribution in [0.15, 0.2) is 29.3 Å². The Bertz CT molecular complexity index is 579. The lowest BCUT2D eigenvalue weighted by Gasteiger charge is -2.24. The number of nitrogens with one attached hydrogen (secondary N) is 2. The van der Waals surface area contributed by atoms with Crippen molar-refractivity contribution in [3.63, 3.8) is 0 Å². The van der Waals surface area contributed by atoms with Crippen LogP contribution in [0.25, 0.3) is 0 Å². The number of benzene rings is 1. The van der Waals surface area contributed by atoms with E-state index in [0.717, 1.165) is 32.2 Å². The summed E-state index contributed by atoms with van der Waals surface area (Å²) < 4.78 is 11.0. The first-order valence-corrected chi connectivity index (χ1v) is 10.8. The highest BCUT2D eigenvalue weighted by molar-refractivity contribution is 5.79. The van der Waals surface area contributed by atoms with Gasteiger partial charge < -0.3 is 20.1 Å². The number of likely N-dealkylation sites (N-methyl/N-ethyl adjacent to an activating group) is 1. The van der Waals surface area contributed by atoms with Gasteiger partial charge in [0.05, 0.1) is 26.4 Å². The third-order valence-electron chi connectivity index (χ3n) is 5.01. The summed E-state index contributed by atoms with van der Waals surface area (Å²) in [6, 6.07) is 9.07. The van der Waals surface area contributed by atoms with Gasteiger partial charge in [0.1, 0.15) is 0 Å². The zero-order valence-electron chi connectivity index (χ0n) is 17.9. The van der Waals surface area contributed by atoms with Crippen molar-refractivity contribution in [3.8, 4) is 0 Å². The van der Waals surface area contributed by atoms with Gasteiger partial charge in [-0.2, -0.15) is 0 Å². The van der Waals surface area contributed by atoms with Gasteiger partial charge in [-0.1, -0.05) is 31.2 Å². The molecule has 2 rings (SSSR count). The molecular weight excluding hydrogens is 352 g/mol. The monoisotopic (exact) mass is 390 g/mol. The highest BCUT2D eigenvalue weighted by Crippen LogP contribution is 2.15. The molecule has 1 aliphatic rings. The SMILES string of the molecule is CCNC(=NCc1cccc(COCCOCC)c1)NCC1CCCN1CC. The molecule has 1 heterocycles. The molecule has 0 spiro atoms. The summed E-state index contributed by atoms with van der Waals surface area (Å²) in [7, 11) is 0. The molecule has 1 fully saturated rings. The smallest absolute Gasteiger partial charge is 0.191 e. The number of aliphatic imine (C=N–C) groups is 1. The molecule has 2 N–H and O–H groups in total. The predicted molar refractivity (Wildman–Crippen MR) is 116 cm³/mol. The summed E-state index contributed by atoms with van der Waals surface area (Å²) in [5, 5.41) is 6.88. The number of ether oxygens (including phenoxy) is 2. The summed E-state index contributed by atoms with van der Waals surface area (Å²) in [4.78, 5) is 7.32. The lowest BCUT2D eigenvalue weighted by atomic mass is 10.1. The van der Waals surface area contributed by atoms with Gasteiger partial charge in [-0.3, -0.25) is 4.90 Å². The van der Waals surface area contributed by atoms with E-state index < -0.39 is 0 Å². The van der Waals surface area contributed by atoms with Crippen molar-refractivity contribution in [1.82, 2.24) is 15.5 Å². The van der Waals surface area contributed by atoms with Crippen molar-refractivity contribution in [2.75, 3.05) is 46.0 Å². The fraction of sp³-hybridized carbons (Fsp3) is 0.682. The molecule has 0 radical (unpaired) electrons. The Morgan fingerprint density at radius 3 is 2.75 bits per heavy atom. The molecule has 1 aromatic carbocycles. The molecule has 1 aliphatic heterocycles. The van der Waals surface area contributed by atoms with E-state index >= 15 is 0 Å². The Hall–Kier alpha value is -1.63. The zero-order chi connectivity index (χ0) is 20.0. The van der Waals surface area contributed by atoms with E-state index in [0.29, 0.717) is 32.4 Å². The predicted octanol–water partition coefficient (Wildman–Crippen LogP) is 2.78. The third-order valence-corrected chi connectivity index (χ3v) is 5.01. The van der Waals surface area contributed by atoms with Crippen LogP contribution in [0.3, 0.4) is 0 Å². The minimum absolute atomic E-state index is 0.609. The number of hydrogen-bond acceptors (Lipinski definition) is 4. The van der Waals surface area contributed by atoms with E-state index in [4.69, 9.17) is 14.5 Å². The maximum Gasteiger partial charge on any atom is 0.191 e. The van der Waals surface area contributed by atoms with Crippen LogP contribution in [-0.4, -0.2) is 62.9 Å². The van der Waals surface area contributed by atoms with Gasteiger partial charge in [-0.25, -0.2) is 4.99 Å². The molecule has 0 bridgehead atoms. The van der Waals surface area contributed by atoms with Crippen molar-refractivity contribution in [3.05, 3.63) is 35.4 Å². The second-order valence-corrected chi connectivity index (χ2v) is 7.07. The maximum atomic E-state index is 5.67. The molecule has 0 saturated carbocycles. The van der Waals surface area contributed by atoms with Crippen molar-refractivity contribution in [1.29, 1.82) is 0 Å². The number of likely N-dealkylation sites (tertiary alicyclic amines) is 1. The third kappa shape index (κ3) is 8.17. The zero-order valence-corrected chi connectivity index (χ0v) is 17.9. The van der Waals surface area contributed by atoms with E-state index in [1.807, 2.05) is 6.92 Å². The van der Waals surface area contributed by atoms with Crippen LogP contribution in [0.5, 0.6) is 0 Å².